The second-order valence-corrected chi connectivity index (χ2v) is 6.28. The molecule has 1 aromatic carbocycles. The second-order valence-electron chi connectivity index (χ2n) is 5.88. The zero-order valence-electron chi connectivity index (χ0n) is 11.0. The third-order valence-electron chi connectivity index (χ3n) is 4.05. The molecule has 0 aromatic heterocycles. The van der Waals surface area contributed by atoms with Gasteiger partial charge in [-0.05, 0) is 54.7 Å². The van der Waals surface area contributed by atoms with Crippen molar-refractivity contribution in [3.8, 4) is 0 Å². The topological polar surface area (TPSA) is 26.0 Å². The van der Waals surface area contributed by atoms with E-state index < -0.39 is 0 Å². The number of benzene rings is 1. The van der Waals surface area contributed by atoms with Crippen LogP contribution in [0.4, 0.5) is 4.39 Å². The van der Waals surface area contributed by atoms with Crippen LogP contribution in [0.5, 0.6) is 0 Å². The molecule has 0 saturated heterocycles. The van der Waals surface area contributed by atoms with E-state index in [1.54, 1.807) is 6.07 Å². The lowest BCUT2D eigenvalue weighted by atomic mass is 9.72. The van der Waals surface area contributed by atoms with E-state index in [0.29, 0.717) is 17.8 Å². The van der Waals surface area contributed by atoms with Crippen molar-refractivity contribution in [1.29, 1.82) is 0 Å². The number of rotatable bonds is 2. The Morgan fingerprint density at radius 2 is 1.83 bits per heavy atom. The third-order valence-corrected chi connectivity index (χ3v) is 4.36. The Balaban J connectivity index is 2.14. The van der Waals surface area contributed by atoms with E-state index in [0.717, 1.165) is 18.4 Å². The molecule has 1 nitrogen and oxygen atoms in total. The predicted octanol–water partition coefficient (Wildman–Crippen LogP) is 4.55. The monoisotopic (exact) mass is 269 g/mol. The SMILES string of the molecule is CC1CC(C)CC(C(N)c2ccc(Cl)c(F)c2)C1. The first-order valence-electron chi connectivity index (χ1n) is 6.68. The molecule has 1 aliphatic rings. The minimum absolute atomic E-state index is 0.0815. The van der Waals surface area contributed by atoms with E-state index in [9.17, 15) is 4.39 Å². The maximum absolute atomic E-state index is 13.5. The van der Waals surface area contributed by atoms with Crippen LogP contribution in [0.15, 0.2) is 18.2 Å². The second kappa shape index (κ2) is 5.58. The Kier molecular flexibility index (Phi) is 4.29. The first-order valence-corrected chi connectivity index (χ1v) is 7.05. The Bertz CT molecular complexity index is 411. The van der Waals surface area contributed by atoms with Crippen LogP contribution in [0.25, 0.3) is 0 Å². The van der Waals surface area contributed by atoms with Crippen molar-refractivity contribution in [2.45, 2.75) is 39.2 Å². The fraction of sp³-hybridized carbons (Fsp3) is 0.600. The highest BCUT2D eigenvalue weighted by atomic mass is 35.5. The molecule has 3 heteroatoms. The molecule has 2 N–H and O–H groups in total. The number of hydrogen-bond acceptors (Lipinski definition) is 1. The molecule has 0 heterocycles. The van der Waals surface area contributed by atoms with Gasteiger partial charge in [0, 0.05) is 6.04 Å². The Hall–Kier alpha value is -0.600. The van der Waals surface area contributed by atoms with Crippen molar-refractivity contribution in [1.82, 2.24) is 0 Å². The summed E-state index contributed by atoms with van der Waals surface area (Å²) >= 11 is 5.70. The Morgan fingerprint density at radius 3 is 2.39 bits per heavy atom. The zero-order valence-corrected chi connectivity index (χ0v) is 11.8. The molecule has 0 aliphatic heterocycles. The molecular formula is C15H21ClFN. The van der Waals surface area contributed by atoms with Crippen LogP contribution in [-0.4, -0.2) is 0 Å². The summed E-state index contributed by atoms with van der Waals surface area (Å²) < 4.78 is 13.5. The van der Waals surface area contributed by atoms with Crippen molar-refractivity contribution in [2.24, 2.45) is 23.5 Å². The molecule has 2 rings (SSSR count). The van der Waals surface area contributed by atoms with Gasteiger partial charge < -0.3 is 5.73 Å². The van der Waals surface area contributed by atoms with Gasteiger partial charge in [-0.2, -0.15) is 0 Å². The summed E-state index contributed by atoms with van der Waals surface area (Å²) in [6.45, 7) is 4.55. The molecule has 1 saturated carbocycles. The fourth-order valence-corrected chi connectivity index (χ4v) is 3.41. The van der Waals surface area contributed by atoms with E-state index in [-0.39, 0.29) is 16.9 Å². The van der Waals surface area contributed by atoms with Gasteiger partial charge in [-0.25, -0.2) is 4.39 Å². The molecule has 1 fully saturated rings. The minimum atomic E-state index is -0.374. The number of hydrogen-bond donors (Lipinski definition) is 1. The van der Waals surface area contributed by atoms with E-state index in [1.165, 1.54) is 12.5 Å². The molecule has 18 heavy (non-hydrogen) atoms. The van der Waals surface area contributed by atoms with Crippen LogP contribution in [-0.2, 0) is 0 Å². The zero-order chi connectivity index (χ0) is 13.3. The van der Waals surface area contributed by atoms with E-state index in [2.05, 4.69) is 13.8 Å². The molecule has 1 aliphatic carbocycles. The van der Waals surface area contributed by atoms with Gasteiger partial charge in [0.05, 0.1) is 5.02 Å². The molecule has 0 bridgehead atoms. The third kappa shape index (κ3) is 3.04. The van der Waals surface area contributed by atoms with Crippen molar-refractivity contribution in [3.63, 3.8) is 0 Å². The summed E-state index contributed by atoms with van der Waals surface area (Å²) in [4.78, 5) is 0. The lowest BCUT2D eigenvalue weighted by Crippen LogP contribution is -2.29. The van der Waals surface area contributed by atoms with Crippen molar-refractivity contribution >= 4 is 11.6 Å². The molecule has 0 amide bonds. The number of halogens is 2. The van der Waals surface area contributed by atoms with Gasteiger partial charge in [0.1, 0.15) is 5.82 Å². The predicted molar refractivity (Wildman–Crippen MR) is 74.0 cm³/mol. The summed E-state index contributed by atoms with van der Waals surface area (Å²) in [7, 11) is 0. The molecule has 0 spiro atoms. The summed E-state index contributed by atoms with van der Waals surface area (Å²) in [5, 5.41) is 0.163. The normalized spacial score (nSPS) is 30.2. The maximum Gasteiger partial charge on any atom is 0.142 e. The minimum Gasteiger partial charge on any atom is -0.324 e. The molecular weight excluding hydrogens is 249 g/mol. The van der Waals surface area contributed by atoms with Crippen LogP contribution < -0.4 is 5.73 Å². The standard InChI is InChI=1S/C15H21ClFN/c1-9-5-10(2)7-12(6-9)15(18)11-3-4-13(16)14(17)8-11/h3-4,8-10,12,15H,5-7,18H2,1-2H3. The van der Waals surface area contributed by atoms with Gasteiger partial charge in [-0.1, -0.05) is 31.5 Å². The summed E-state index contributed by atoms with van der Waals surface area (Å²) in [5.74, 6) is 1.50. The highest BCUT2D eigenvalue weighted by molar-refractivity contribution is 6.30. The quantitative estimate of drug-likeness (QED) is 0.837. The van der Waals surface area contributed by atoms with Gasteiger partial charge in [-0.3, -0.25) is 0 Å². The molecule has 0 radical (unpaired) electrons. The highest BCUT2D eigenvalue weighted by Crippen LogP contribution is 2.39. The maximum atomic E-state index is 13.5. The van der Waals surface area contributed by atoms with Crippen LogP contribution in [0.2, 0.25) is 5.02 Å². The Labute approximate surface area is 114 Å². The first-order chi connectivity index (χ1) is 8.47. The molecule has 1 aromatic rings. The lowest BCUT2D eigenvalue weighted by Gasteiger charge is -2.35. The summed E-state index contributed by atoms with van der Waals surface area (Å²) in [5.41, 5.74) is 7.17. The van der Waals surface area contributed by atoms with Crippen LogP contribution >= 0.6 is 11.6 Å². The lowest BCUT2D eigenvalue weighted by molar-refractivity contribution is 0.193. The number of nitrogens with two attached hydrogens (primary N) is 1. The van der Waals surface area contributed by atoms with Gasteiger partial charge in [-0.15, -0.1) is 0 Å². The van der Waals surface area contributed by atoms with E-state index in [1.807, 2.05) is 6.07 Å². The first kappa shape index (κ1) is 13.8. The van der Waals surface area contributed by atoms with Gasteiger partial charge in [0.25, 0.3) is 0 Å². The van der Waals surface area contributed by atoms with E-state index >= 15 is 0 Å². The molecule has 3 atom stereocenters. The van der Waals surface area contributed by atoms with Crippen molar-refractivity contribution < 1.29 is 4.39 Å². The van der Waals surface area contributed by atoms with Crippen LogP contribution in [0.3, 0.4) is 0 Å². The molecule has 3 unspecified atom stereocenters. The van der Waals surface area contributed by atoms with Crippen LogP contribution in [0.1, 0.15) is 44.7 Å². The molecule has 100 valence electrons. The van der Waals surface area contributed by atoms with Crippen molar-refractivity contribution in [3.05, 3.63) is 34.6 Å². The van der Waals surface area contributed by atoms with Gasteiger partial charge >= 0.3 is 0 Å². The smallest absolute Gasteiger partial charge is 0.142 e. The average Bonchev–Trinajstić information content (AvgIpc) is 2.30. The Morgan fingerprint density at radius 1 is 1.22 bits per heavy atom. The highest BCUT2D eigenvalue weighted by Gasteiger charge is 2.29. The van der Waals surface area contributed by atoms with E-state index in [4.69, 9.17) is 17.3 Å². The van der Waals surface area contributed by atoms with Gasteiger partial charge in [0.2, 0.25) is 0 Å². The summed E-state index contributed by atoms with van der Waals surface area (Å²) in [6, 6.07) is 4.85. The largest absolute Gasteiger partial charge is 0.324 e. The van der Waals surface area contributed by atoms with Crippen molar-refractivity contribution in [2.75, 3.05) is 0 Å². The summed E-state index contributed by atoms with van der Waals surface area (Å²) in [6.07, 6.45) is 3.55. The average molecular weight is 270 g/mol. The van der Waals surface area contributed by atoms with Crippen LogP contribution in [0, 0.1) is 23.6 Å². The fourth-order valence-electron chi connectivity index (χ4n) is 3.29. The van der Waals surface area contributed by atoms with Gasteiger partial charge in [0.15, 0.2) is 0 Å².